The quantitative estimate of drug-likeness (QED) is 0.432. The second-order valence-corrected chi connectivity index (χ2v) is 9.47. The summed E-state index contributed by atoms with van der Waals surface area (Å²) in [6.45, 7) is 3.67. The molecule has 154 valence electrons. The molecule has 0 saturated carbocycles. The van der Waals surface area contributed by atoms with Gasteiger partial charge in [-0.3, -0.25) is 4.57 Å². The molecule has 1 aliphatic heterocycles. The Balaban J connectivity index is 1.50. The fourth-order valence-corrected chi connectivity index (χ4v) is 5.73. The van der Waals surface area contributed by atoms with Crippen molar-refractivity contribution in [2.45, 2.75) is 43.3 Å². The van der Waals surface area contributed by atoms with E-state index in [2.05, 4.69) is 50.9 Å². The number of anilines is 1. The number of ether oxygens (including phenoxy) is 1. The van der Waals surface area contributed by atoms with Gasteiger partial charge < -0.3 is 10.5 Å². The molecule has 30 heavy (non-hydrogen) atoms. The zero-order chi connectivity index (χ0) is 20.5. The van der Waals surface area contributed by atoms with E-state index in [1.807, 2.05) is 12.1 Å². The summed E-state index contributed by atoms with van der Waals surface area (Å²) in [5.41, 5.74) is 9.75. The Labute approximate surface area is 183 Å². The van der Waals surface area contributed by atoms with E-state index < -0.39 is 0 Å². The second kappa shape index (κ2) is 8.37. The fourth-order valence-electron chi connectivity index (χ4n) is 3.79. The maximum absolute atomic E-state index is 6.49. The number of hydrogen-bond acceptors (Lipinski definition) is 7. The lowest BCUT2D eigenvalue weighted by Gasteiger charge is -2.14. The zero-order valence-corrected chi connectivity index (χ0v) is 18.4. The first-order chi connectivity index (χ1) is 14.7. The summed E-state index contributed by atoms with van der Waals surface area (Å²) >= 11 is 3.27. The van der Waals surface area contributed by atoms with Gasteiger partial charge in [-0.15, -0.1) is 21.5 Å². The smallest absolute Gasteiger partial charge is 0.191 e. The van der Waals surface area contributed by atoms with Gasteiger partial charge in [0.15, 0.2) is 11.0 Å². The van der Waals surface area contributed by atoms with Gasteiger partial charge in [0.05, 0.1) is 23.2 Å². The van der Waals surface area contributed by atoms with Gasteiger partial charge in [-0.1, -0.05) is 41.6 Å². The number of nitrogen functional groups attached to an aromatic ring is 1. The second-order valence-electron chi connectivity index (χ2n) is 7.53. The van der Waals surface area contributed by atoms with Crippen molar-refractivity contribution in [2.75, 3.05) is 12.3 Å². The predicted molar refractivity (Wildman–Crippen MR) is 123 cm³/mol. The first-order valence-corrected chi connectivity index (χ1v) is 11.9. The standard InChI is InChI=1S/C22H23N5OS2/c1-14-5-2-6-15(11-14)13-29-22-26-25-20(27(22)12-16-7-4-10-28-16)19-18(23)17-8-3-9-24-21(17)30-19/h2-3,5-6,8-9,11,16H,4,7,10,12-13,23H2,1H3. The van der Waals surface area contributed by atoms with Crippen LogP contribution in [0, 0.1) is 6.92 Å². The van der Waals surface area contributed by atoms with Crippen LogP contribution in [0.2, 0.25) is 0 Å². The van der Waals surface area contributed by atoms with Crippen molar-refractivity contribution in [2.24, 2.45) is 0 Å². The molecule has 8 heteroatoms. The van der Waals surface area contributed by atoms with Gasteiger partial charge in [0.1, 0.15) is 4.83 Å². The Hall–Kier alpha value is -2.42. The van der Waals surface area contributed by atoms with Gasteiger partial charge in [0.25, 0.3) is 0 Å². The highest BCUT2D eigenvalue weighted by Gasteiger charge is 2.24. The number of fused-ring (bicyclic) bond motifs is 1. The molecule has 0 bridgehead atoms. The highest BCUT2D eigenvalue weighted by Crippen LogP contribution is 2.40. The monoisotopic (exact) mass is 437 g/mol. The minimum Gasteiger partial charge on any atom is -0.397 e. The molecule has 1 saturated heterocycles. The number of aromatic nitrogens is 4. The van der Waals surface area contributed by atoms with E-state index in [9.17, 15) is 0 Å². The van der Waals surface area contributed by atoms with Gasteiger partial charge in [-0.05, 0) is 37.5 Å². The lowest BCUT2D eigenvalue weighted by atomic mass is 10.2. The molecule has 4 heterocycles. The van der Waals surface area contributed by atoms with E-state index >= 15 is 0 Å². The number of rotatable bonds is 6. The maximum atomic E-state index is 6.49. The average molecular weight is 438 g/mol. The first kappa shape index (κ1) is 19.5. The average Bonchev–Trinajstić information content (AvgIpc) is 3.47. The zero-order valence-electron chi connectivity index (χ0n) is 16.7. The SMILES string of the molecule is Cc1cccc(CSc2nnc(-c3sc4ncccc4c3N)n2CC2CCCO2)c1. The van der Waals surface area contributed by atoms with Gasteiger partial charge >= 0.3 is 0 Å². The van der Waals surface area contributed by atoms with E-state index in [0.29, 0.717) is 0 Å². The third-order valence-corrected chi connectivity index (χ3v) is 7.45. The predicted octanol–water partition coefficient (Wildman–Crippen LogP) is 4.92. The van der Waals surface area contributed by atoms with Crippen molar-refractivity contribution in [3.05, 3.63) is 53.7 Å². The van der Waals surface area contributed by atoms with Gasteiger partial charge in [0.2, 0.25) is 0 Å². The summed E-state index contributed by atoms with van der Waals surface area (Å²) < 4.78 is 8.09. The number of hydrogen-bond donors (Lipinski definition) is 1. The van der Waals surface area contributed by atoms with Crippen LogP contribution >= 0.6 is 23.1 Å². The fraction of sp³-hybridized carbons (Fsp3) is 0.318. The van der Waals surface area contributed by atoms with Crippen LogP contribution in [-0.4, -0.2) is 32.5 Å². The van der Waals surface area contributed by atoms with Gasteiger partial charge in [0, 0.05) is 23.9 Å². The van der Waals surface area contributed by atoms with Crippen molar-refractivity contribution in [3.8, 4) is 10.7 Å². The maximum Gasteiger partial charge on any atom is 0.191 e. The van der Waals surface area contributed by atoms with E-state index in [1.165, 1.54) is 11.1 Å². The Morgan fingerprint density at radius 3 is 3.00 bits per heavy atom. The normalized spacial score (nSPS) is 16.5. The van der Waals surface area contributed by atoms with Crippen LogP contribution in [0.4, 0.5) is 5.69 Å². The molecule has 1 atom stereocenters. The lowest BCUT2D eigenvalue weighted by molar-refractivity contribution is 0.0953. The van der Waals surface area contributed by atoms with Crippen LogP contribution < -0.4 is 5.73 Å². The number of thioether (sulfide) groups is 1. The summed E-state index contributed by atoms with van der Waals surface area (Å²) in [7, 11) is 0. The van der Waals surface area contributed by atoms with Crippen LogP contribution in [-0.2, 0) is 17.0 Å². The molecule has 6 nitrogen and oxygen atoms in total. The van der Waals surface area contributed by atoms with Crippen LogP contribution in [0.25, 0.3) is 20.9 Å². The number of aryl methyl sites for hydroxylation is 1. The number of nitrogens with zero attached hydrogens (tertiary/aromatic N) is 4. The van der Waals surface area contributed by atoms with E-state index in [4.69, 9.17) is 10.5 Å². The lowest BCUT2D eigenvalue weighted by Crippen LogP contribution is -2.16. The van der Waals surface area contributed by atoms with Gasteiger partial charge in [-0.25, -0.2) is 4.98 Å². The molecule has 0 aliphatic carbocycles. The molecule has 0 spiro atoms. The molecule has 0 radical (unpaired) electrons. The summed E-state index contributed by atoms with van der Waals surface area (Å²) in [5.74, 6) is 1.65. The summed E-state index contributed by atoms with van der Waals surface area (Å²) in [6, 6.07) is 12.5. The molecule has 1 aromatic carbocycles. The molecule has 3 aromatic heterocycles. The van der Waals surface area contributed by atoms with Gasteiger partial charge in [-0.2, -0.15) is 0 Å². The van der Waals surface area contributed by atoms with Crippen LogP contribution in [0.5, 0.6) is 0 Å². The topological polar surface area (TPSA) is 78.9 Å². The minimum absolute atomic E-state index is 0.187. The van der Waals surface area contributed by atoms with Crippen molar-refractivity contribution in [1.29, 1.82) is 0 Å². The highest BCUT2D eigenvalue weighted by atomic mass is 32.2. The molecule has 2 N–H and O–H groups in total. The highest BCUT2D eigenvalue weighted by molar-refractivity contribution is 7.98. The van der Waals surface area contributed by atoms with Crippen molar-refractivity contribution >= 4 is 39.0 Å². The number of benzene rings is 1. The van der Waals surface area contributed by atoms with E-state index in [0.717, 1.165) is 63.5 Å². The Morgan fingerprint density at radius 2 is 2.20 bits per heavy atom. The molecule has 1 aliphatic rings. The number of thiophene rings is 1. The summed E-state index contributed by atoms with van der Waals surface area (Å²) in [5, 5.41) is 11.0. The molecular formula is C22H23N5OS2. The molecule has 1 fully saturated rings. The number of nitrogens with two attached hydrogens (primary N) is 1. The largest absolute Gasteiger partial charge is 0.397 e. The summed E-state index contributed by atoms with van der Waals surface area (Å²) in [6.07, 6.45) is 4.14. The first-order valence-electron chi connectivity index (χ1n) is 10.1. The molecule has 0 amide bonds. The van der Waals surface area contributed by atoms with Crippen molar-refractivity contribution in [1.82, 2.24) is 19.7 Å². The minimum atomic E-state index is 0.187. The van der Waals surface area contributed by atoms with E-state index in [1.54, 1.807) is 29.3 Å². The Morgan fingerprint density at radius 1 is 1.27 bits per heavy atom. The molecule has 1 unspecified atom stereocenters. The van der Waals surface area contributed by atoms with Crippen LogP contribution in [0.1, 0.15) is 24.0 Å². The van der Waals surface area contributed by atoms with E-state index in [-0.39, 0.29) is 6.10 Å². The third-order valence-electron chi connectivity index (χ3n) is 5.29. The van der Waals surface area contributed by atoms with Crippen molar-refractivity contribution in [3.63, 3.8) is 0 Å². The van der Waals surface area contributed by atoms with Crippen LogP contribution in [0.15, 0.2) is 47.8 Å². The Kier molecular flexibility index (Phi) is 5.45. The number of pyridine rings is 1. The molecular weight excluding hydrogens is 414 g/mol. The Bertz CT molecular complexity index is 1180. The van der Waals surface area contributed by atoms with Crippen molar-refractivity contribution < 1.29 is 4.74 Å². The van der Waals surface area contributed by atoms with Crippen LogP contribution in [0.3, 0.4) is 0 Å². The molecule has 4 aromatic rings. The summed E-state index contributed by atoms with van der Waals surface area (Å²) in [4.78, 5) is 6.31. The third kappa shape index (κ3) is 3.82. The molecule has 5 rings (SSSR count).